The van der Waals surface area contributed by atoms with Gasteiger partial charge in [0.1, 0.15) is 0 Å². The van der Waals surface area contributed by atoms with Crippen molar-refractivity contribution in [3.8, 4) is 0 Å². The van der Waals surface area contributed by atoms with Crippen LogP contribution >= 0.6 is 0 Å². The highest BCUT2D eigenvalue weighted by molar-refractivity contribution is 5.98. The quantitative estimate of drug-likeness (QED) is 0.671. The number of carbonyl (C=O) groups is 2. The third-order valence-corrected chi connectivity index (χ3v) is 6.04. The molecule has 1 saturated heterocycles. The van der Waals surface area contributed by atoms with Gasteiger partial charge in [-0.3, -0.25) is 14.5 Å². The molecule has 0 radical (unpaired) electrons. The Kier molecular flexibility index (Phi) is 5.39. The van der Waals surface area contributed by atoms with Crippen LogP contribution in [0, 0.1) is 0 Å². The molecule has 0 aromatic heterocycles. The van der Waals surface area contributed by atoms with Crippen molar-refractivity contribution in [1.82, 2.24) is 4.90 Å². The maximum absolute atomic E-state index is 12.4. The monoisotopic (exact) mass is 393 g/mol. The molecule has 29 heavy (non-hydrogen) atoms. The molecule has 1 heterocycles. The summed E-state index contributed by atoms with van der Waals surface area (Å²) in [6, 6.07) is 15.0. The van der Waals surface area contributed by atoms with Crippen molar-refractivity contribution in [2.75, 3.05) is 25.0 Å². The molecule has 1 aliphatic heterocycles. The molecule has 2 aromatic carbocycles. The molecular weight excluding hydrogens is 366 g/mol. The van der Waals surface area contributed by atoms with Crippen molar-refractivity contribution in [3.63, 3.8) is 0 Å². The second kappa shape index (κ2) is 7.97. The molecule has 4 N–H and O–H groups in total. The fraction of sp³-hybridized carbons (Fsp3) is 0.391. The van der Waals surface area contributed by atoms with E-state index in [1.54, 1.807) is 24.3 Å². The Labute approximate surface area is 170 Å². The Hall–Kier alpha value is -2.70. The summed E-state index contributed by atoms with van der Waals surface area (Å²) in [5, 5.41) is 12.7. The minimum atomic E-state index is -0.530. The van der Waals surface area contributed by atoms with Gasteiger partial charge in [0.15, 0.2) is 0 Å². The minimum Gasteiger partial charge on any atom is -0.392 e. The fourth-order valence-electron chi connectivity index (χ4n) is 4.27. The van der Waals surface area contributed by atoms with Gasteiger partial charge >= 0.3 is 0 Å². The first-order chi connectivity index (χ1) is 13.9. The Morgan fingerprint density at radius 3 is 2.48 bits per heavy atom. The number of likely N-dealkylation sites (tertiary alicyclic amines) is 1. The number of primary amides is 1. The molecule has 2 fully saturated rings. The van der Waals surface area contributed by atoms with Gasteiger partial charge in [0.25, 0.3) is 0 Å². The number of aliphatic hydroxyl groups excluding tert-OH is 1. The van der Waals surface area contributed by atoms with Gasteiger partial charge < -0.3 is 16.2 Å². The zero-order valence-electron chi connectivity index (χ0n) is 16.4. The standard InChI is InChI=1S/C23H27N3O3/c24-22(29)20-4-2-1-3-16(20)13-21(28)25-18-7-5-17(6-8-18)23(10-11-23)15-26-12-9-19(27)14-26/h1-8,19,27H,9-15H2,(H2,24,29)(H,25,28)/t19-/m1/s1. The first-order valence-corrected chi connectivity index (χ1v) is 10.1. The smallest absolute Gasteiger partial charge is 0.248 e. The summed E-state index contributed by atoms with van der Waals surface area (Å²) >= 11 is 0. The maximum Gasteiger partial charge on any atom is 0.248 e. The highest BCUT2D eigenvalue weighted by Gasteiger charge is 2.46. The zero-order valence-corrected chi connectivity index (χ0v) is 16.4. The number of carbonyl (C=O) groups excluding carboxylic acids is 2. The molecule has 152 valence electrons. The number of nitrogens with two attached hydrogens (primary N) is 1. The summed E-state index contributed by atoms with van der Waals surface area (Å²) in [7, 11) is 0. The number of β-amino-alcohol motifs (C(OH)–C–C–N with tert-alkyl or cyclic N) is 1. The number of hydrogen-bond donors (Lipinski definition) is 3. The molecule has 1 atom stereocenters. The van der Waals surface area contributed by atoms with E-state index in [4.69, 9.17) is 5.73 Å². The summed E-state index contributed by atoms with van der Waals surface area (Å²) in [5.74, 6) is -0.711. The van der Waals surface area contributed by atoms with Crippen LogP contribution in [0.25, 0.3) is 0 Å². The molecule has 6 heteroatoms. The van der Waals surface area contributed by atoms with Gasteiger partial charge in [0, 0.05) is 36.3 Å². The van der Waals surface area contributed by atoms with E-state index in [0.29, 0.717) is 11.1 Å². The lowest BCUT2D eigenvalue weighted by Crippen LogP contribution is -2.31. The van der Waals surface area contributed by atoms with Crippen LogP contribution in [0.4, 0.5) is 5.69 Å². The van der Waals surface area contributed by atoms with E-state index in [9.17, 15) is 14.7 Å². The number of benzene rings is 2. The second-order valence-corrected chi connectivity index (χ2v) is 8.28. The Balaban J connectivity index is 1.37. The Bertz CT molecular complexity index is 906. The minimum absolute atomic E-state index is 0.0993. The van der Waals surface area contributed by atoms with E-state index < -0.39 is 5.91 Å². The van der Waals surface area contributed by atoms with Crippen molar-refractivity contribution in [1.29, 1.82) is 0 Å². The van der Waals surface area contributed by atoms with E-state index in [2.05, 4.69) is 22.3 Å². The molecule has 4 rings (SSSR count). The number of anilines is 1. The number of amides is 2. The summed E-state index contributed by atoms with van der Waals surface area (Å²) in [6.45, 7) is 2.71. The van der Waals surface area contributed by atoms with Crippen LogP contribution in [0.2, 0.25) is 0 Å². The van der Waals surface area contributed by atoms with Crippen LogP contribution in [-0.4, -0.2) is 47.6 Å². The predicted octanol–water partition coefficient (Wildman–Crippen LogP) is 2.06. The van der Waals surface area contributed by atoms with Crippen LogP contribution in [0.1, 0.15) is 40.7 Å². The third kappa shape index (κ3) is 4.49. The summed E-state index contributed by atoms with van der Waals surface area (Å²) in [4.78, 5) is 26.3. The topological polar surface area (TPSA) is 95.7 Å². The van der Waals surface area contributed by atoms with E-state index in [1.807, 2.05) is 12.1 Å². The number of rotatable bonds is 7. The third-order valence-electron chi connectivity index (χ3n) is 6.04. The lowest BCUT2D eigenvalue weighted by molar-refractivity contribution is -0.115. The molecule has 2 aliphatic rings. The van der Waals surface area contributed by atoms with Gasteiger partial charge in [-0.15, -0.1) is 0 Å². The highest BCUT2D eigenvalue weighted by atomic mass is 16.3. The zero-order chi connectivity index (χ0) is 20.4. The average molecular weight is 393 g/mol. The lowest BCUT2D eigenvalue weighted by Gasteiger charge is -2.23. The number of hydrogen-bond acceptors (Lipinski definition) is 4. The molecular formula is C23H27N3O3. The van der Waals surface area contributed by atoms with Crippen molar-refractivity contribution in [3.05, 3.63) is 65.2 Å². The van der Waals surface area contributed by atoms with Crippen molar-refractivity contribution in [2.24, 2.45) is 5.73 Å². The van der Waals surface area contributed by atoms with Gasteiger partial charge in [-0.25, -0.2) is 0 Å². The van der Waals surface area contributed by atoms with E-state index in [1.165, 1.54) is 5.56 Å². The second-order valence-electron chi connectivity index (χ2n) is 8.28. The van der Waals surface area contributed by atoms with Gasteiger partial charge in [0.05, 0.1) is 12.5 Å². The molecule has 0 spiro atoms. The first kappa shape index (κ1) is 19.6. The number of aliphatic hydroxyl groups is 1. The molecule has 0 unspecified atom stereocenters. The summed E-state index contributed by atoms with van der Waals surface area (Å²) in [6.07, 6.45) is 3.09. The highest BCUT2D eigenvalue weighted by Crippen LogP contribution is 2.49. The summed E-state index contributed by atoms with van der Waals surface area (Å²) in [5.41, 5.74) is 8.60. The molecule has 0 bridgehead atoms. The molecule has 1 saturated carbocycles. The number of nitrogens with zero attached hydrogens (tertiary/aromatic N) is 1. The number of nitrogens with one attached hydrogen (secondary N) is 1. The van der Waals surface area contributed by atoms with Gasteiger partial charge in [0.2, 0.25) is 11.8 Å². The molecule has 2 aromatic rings. The van der Waals surface area contributed by atoms with Gasteiger partial charge in [-0.2, -0.15) is 0 Å². The Morgan fingerprint density at radius 1 is 1.14 bits per heavy atom. The van der Waals surface area contributed by atoms with Crippen LogP contribution in [0.15, 0.2) is 48.5 Å². The van der Waals surface area contributed by atoms with Crippen LogP contribution in [-0.2, 0) is 16.6 Å². The van der Waals surface area contributed by atoms with E-state index in [0.717, 1.165) is 44.6 Å². The molecule has 1 aliphatic carbocycles. The predicted molar refractivity (Wildman–Crippen MR) is 112 cm³/mol. The van der Waals surface area contributed by atoms with E-state index >= 15 is 0 Å². The van der Waals surface area contributed by atoms with Gasteiger partial charge in [-0.1, -0.05) is 30.3 Å². The summed E-state index contributed by atoms with van der Waals surface area (Å²) < 4.78 is 0. The van der Waals surface area contributed by atoms with Crippen LogP contribution < -0.4 is 11.1 Å². The maximum atomic E-state index is 12.4. The Morgan fingerprint density at radius 2 is 1.86 bits per heavy atom. The lowest BCUT2D eigenvalue weighted by atomic mass is 9.95. The van der Waals surface area contributed by atoms with Crippen molar-refractivity contribution in [2.45, 2.75) is 37.2 Å². The van der Waals surface area contributed by atoms with Crippen LogP contribution in [0.3, 0.4) is 0 Å². The van der Waals surface area contributed by atoms with Crippen molar-refractivity contribution >= 4 is 17.5 Å². The average Bonchev–Trinajstić information content (AvgIpc) is 3.36. The molecule has 2 amide bonds. The van der Waals surface area contributed by atoms with Gasteiger partial charge in [-0.05, 0) is 48.6 Å². The SMILES string of the molecule is NC(=O)c1ccccc1CC(=O)Nc1ccc(C2(CN3CC[C@@H](O)C3)CC2)cc1. The largest absolute Gasteiger partial charge is 0.392 e. The van der Waals surface area contributed by atoms with E-state index in [-0.39, 0.29) is 23.8 Å². The normalized spacial score (nSPS) is 20.4. The molecule has 6 nitrogen and oxygen atoms in total. The fourth-order valence-corrected chi connectivity index (χ4v) is 4.27. The first-order valence-electron chi connectivity index (χ1n) is 10.1. The van der Waals surface area contributed by atoms with Crippen LogP contribution in [0.5, 0.6) is 0 Å². The van der Waals surface area contributed by atoms with Crippen molar-refractivity contribution < 1.29 is 14.7 Å².